The van der Waals surface area contributed by atoms with Gasteiger partial charge in [0.25, 0.3) is 0 Å². The first-order chi connectivity index (χ1) is 13.6. The third-order valence-electron chi connectivity index (χ3n) is 5.13. The van der Waals surface area contributed by atoms with Gasteiger partial charge in [0, 0.05) is 38.0 Å². The number of pyridine rings is 1. The SMILES string of the molecule is COC1CCN(CC(=O)Nc2cc3cc(-c4cnc(C)s4)ccc3cn2)CC1. The number of hydrogen-bond donors (Lipinski definition) is 1. The molecule has 1 N–H and O–H groups in total. The lowest BCUT2D eigenvalue weighted by Crippen LogP contribution is -2.41. The normalized spacial score (nSPS) is 15.8. The molecule has 7 heteroatoms. The van der Waals surface area contributed by atoms with Crippen molar-refractivity contribution in [3.63, 3.8) is 0 Å². The smallest absolute Gasteiger partial charge is 0.239 e. The van der Waals surface area contributed by atoms with Gasteiger partial charge in [-0.1, -0.05) is 12.1 Å². The Morgan fingerprint density at radius 1 is 1.21 bits per heavy atom. The number of methoxy groups -OCH3 is 1. The van der Waals surface area contributed by atoms with Crippen molar-refractivity contribution in [2.45, 2.75) is 25.9 Å². The predicted molar refractivity (Wildman–Crippen MR) is 113 cm³/mol. The van der Waals surface area contributed by atoms with Crippen LogP contribution < -0.4 is 5.32 Å². The Hall–Kier alpha value is -2.35. The Morgan fingerprint density at radius 2 is 2.04 bits per heavy atom. The molecule has 1 fully saturated rings. The average Bonchev–Trinajstić information content (AvgIpc) is 3.14. The van der Waals surface area contributed by atoms with E-state index < -0.39 is 0 Å². The van der Waals surface area contributed by atoms with Crippen LogP contribution in [-0.4, -0.2) is 53.6 Å². The molecule has 28 heavy (non-hydrogen) atoms. The number of carbonyl (C=O) groups excluding carboxylic acids is 1. The fourth-order valence-electron chi connectivity index (χ4n) is 3.55. The van der Waals surface area contributed by atoms with Crippen molar-refractivity contribution in [2.75, 3.05) is 32.1 Å². The molecule has 1 aliphatic heterocycles. The summed E-state index contributed by atoms with van der Waals surface area (Å²) in [6.07, 6.45) is 5.96. The Kier molecular flexibility index (Phi) is 5.66. The van der Waals surface area contributed by atoms with Crippen LogP contribution in [0, 0.1) is 6.92 Å². The van der Waals surface area contributed by atoms with Gasteiger partial charge in [-0.25, -0.2) is 9.97 Å². The van der Waals surface area contributed by atoms with E-state index in [1.807, 2.05) is 19.2 Å². The predicted octanol–water partition coefficient (Wildman–Crippen LogP) is 3.72. The number of nitrogens with one attached hydrogen (secondary N) is 1. The van der Waals surface area contributed by atoms with E-state index >= 15 is 0 Å². The molecule has 3 aromatic rings. The third-order valence-corrected chi connectivity index (χ3v) is 6.09. The Bertz CT molecular complexity index is 979. The van der Waals surface area contributed by atoms with E-state index in [1.54, 1.807) is 24.6 Å². The summed E-state index contributed by atoms with van der Waals surface area (Å²) in [7, 11) is 1.75. The number of nitrogens with zero attached hydrogens (tertiary/aromatic N) is 3. The fraction of sp³-hybridized carbons (Fsp3) is 0.381. The number of fused-ring (bicyclic) bond motifs is 1. The Balaban J connectivity index is 1.44. The molecule has 0 bridgehead atoms. The number of piperidine rings is 1. The number of rotatable bonds is 5. The minimum absolute atomic E-state index is 0.0306. The van der Waals surface area contributed by atoms with Crippen LogP contribution in [0.5, 0.6) is 0 Å². The van der Waals surface area contributed by atoms with Gasteiger partial charge in [-0.2, -0.15) is 0 Å². The molecule has 0 spiro atoms. The topological polar surface area (TPSA) is 67.3 Å². The first kappa shape index (κ1) is 19.0. The van der Waals surface area contributed by atoms with Gasteiger partial charge in [-0.05, 0) is 42.8 Å². The number of benzene rings is 1. The van der Waals surface area contributed by atoms with Gasteiger partial charge in [0.1, 0.15) is 5.82 Å². The summed E-state index contributed by atoms with van der Waals surface area (Å²) in [6, 6.07) is 8.19. The minimum atomic E-state index is -0.0306. The van der Waals surface area contributed by atoms with Gasteiger partial charge < -0.3 is 10.1 Å². The summed E-state index contributed by atoms with van der Waals surface area (Å²) in [5.74, 6) is 0.555. The number of likely N-dealkylation sites (tertiary alicyclic amines) is 1. The van der Waals surface area contributed by atoms with Gasteiger partial charge in [0.2, 0.25) is 5.91 Å². The third kappa shape index (κ3) is 4.38. The average molecular weight is 397 g/mol. The summed E-state index contributed by atoms with van der Waals surface area (Å²) < 4.78 is 5.38. The van der Waals surface area contributed by atoms with Crippen LogP contribution in [0.3, 0.4) is 0 Å². The molecule has 1 saturated heterocycles. The van der Waals surface area contributed by atoms with Crippen LogP contribution in [0.2, 0.25) is 0 Å². The van der Waals surface area contributed by atoms with Crippen molar-refractivity contribution in [1.82, 2.24) is 14.9 Å². The molecule has 146 valence electrons. The van der Waals surface area contributed by atoms with Gasteiger partial charge in [-0.15, -0.1) is 11.3 Å². The van der Waals surface area contributed by atoms with E-state index in [1.165, 1.54) is 0 Å². The van der Waals surface area contributed by atoms with Crippen molar-refractivity contribution in [1.29, 1.82) is 0 Å². The maximum Gasteiger partial charge on any atom is 0.239 e. The highest BCUT2D eigenvalue weighted by Gasteiger charge is 2.20. The number of hydrogen-bond acceptors (Lipinski definition) is 6. The van der Waals surface area contributed by atoms with Crippen LogP contribution in [-0.2, 0) is 9.53 Å². The van der Waals surface area contributed by atoms with E-state index in [2.05, 4.69) is 38.4 Å². The molecule has 3 heterocycles. The fourth-order valence-corrected chi connectivity index (χ4v) is 4.32. The van der Waals surface area contributed by atoms with Gasteiger partial charge in [0.15, 0.2) is 0 Å². The molecule has 1 aromatic carbocycles. The van der Waals surface area contributed by atoms with Crippen LogP contribution in [0.1, 0.15) is 17.8 Å². The van der Waals surface area contributed by atoms with Crippen LogP contribution in [0.4, 0.5) is 5.82 Å². The zero-order chi connectivity index (χ0) is 19.5. The maximum atomic E-state index is 12.4. The van der Waals surface area contributed by atoms with Crippen LogP contribution >= 0.6 is 11.3 Å². The summed E-state index contributed by atoms with van der Waals surface area (Å²) in [5, 5.41) is 6.08. The van der Waals surface area contributed by atoms with Gasteiger partial charge >= 0.3 is 0 Å². The summed E-state index contributed by atoms with van der Waals surface area (Å²) in [6.45, 7) is 4.16. The highest BCUT2D eigenvalue weighted by atomic mass is 32.1. The maximum absolute atomic E-state index is 12.4. The van der Waals surface area contributed by atoms with Crippen molar-refractivity contribution < 1.29 is 9.53 Å². The largest absolute Gasteiger partial charge is 0.381 e. The Labute approximate surface area is 168 Å². The quantitative estimate of drug-likeness (QED) is 0.712. The Morgan fingerprint density at radius 3 is 2.75 bits per heavy atom. The molecule has 0 radical (unpaired) electrons. The molecule has 1 amide bonds. The second-order valence-corrected chi connectivity index (χ2v) is 8.37. The number of ether oxygens (including phenoxy) is 1. The number of aromatic nitrogens is 2. The van der Waals surface area contributed by atoms with E-state index in [4.69, 9.17) is 4.74 Å². The number of thiazole rings is 1. The number of anilines is 1. The molecule has 4 rings (SSSR count). The van der Waals surface area contributed by atoms with E-state index in [9.17, 15) is 4.79 Å². The van der Waals surface area contributed by atoms with Crippen molar-refractivity contribution in [3.8, 4) is 10.4 Å². The summed E-state index contributed by atoms with van der Waals surface area (Å²) in [5.41, 5.74) is 1.13. The van der Waals surface area contributed by atoms with Crippen LogP contribution in [0.15, 0.2) is 36.7 Å². The molecular formula is C21H24N4O2S. The summed E-state index contributed by atoms with van der Waals surface area (Å²) >= 11 is 1.67. The molecule has 0 aliphatic carbocycles. The first-order valence-electron chi connectivity index (χ1n) is 9.48. The molecule has 0 unspecified atom stereocenters. The molecular weight excluding hydrogens is 372 g/mol. The second kappa shape index (κ2) is 8.34. The lowest BCUT2D eigenvalue weighted by atomic mass is 10.1. The lowest BCUT2D eigenvalue weighted by molar-refractivity contribution is -0.117. The second-order valence-electron chi connectivity index (χ2n) is 7.13. The van der Waals surface area contributed by atoms with Crippen LogP contribution in [0.25, 0.3) is 21.2 Å². The van der Waals surface area contributed by atoms with E-state index in [-0.39, 0.29) is 5.91 Å². The van der Waals surface area contributed by atoms with Gasteiger partial charge in [0.05, 0.1) is 22.5 Å². The molecule has 0 atom stereocenters. The zero-order valence-corrected chi connectivity index (χ0v) is 17.0. The highest BCUT2D eigenvalue weighted by Crippen LogP contribution is 2.29. The van der Waals surface area contributed by atoms with E-state index in [0.717, 1.165) is 52.2 Å². The minimum Gasteiger partial charge on any atom is -0.381 e. The standard InChI is InChI=1S/C21H24N4O2S/c1-14-22-12-19(28-14)15-3-4-16-11-23-20(10-17(16)9-15)24-21(26)13-25-7-5-18(27-2)6-8-25/h3-4,9-12,18H,5-8,13H2,1-2H3,(H,23,24,26). The molecule has 0 saturated carbocycles. The van der Waals surface area contributed by atoms with Gasteiger partial charge in [-0.3, -0.25) is 9.69 Å². The monoisotopic (exact) mass is 396 g/mol. The number of amides is 1. The first-order valence-corrected chi connectivity index (χ1v) is 10.3. The zero-order valence-electron chi connectivity index (χ0n) is 16.1. The molecule has 6 nitrogen and oxygen atoms in total. The van der Waals surface area contributed by atoms with Crippen molar-refractivity contribution in [3.05, 3.63) is 41.7 Å². The number of aryl methyl sites for hydroxylation is 1. The summed E-state index contributed by atoms with van der Waals surface area (Å²) in [4.78, 5) is 24.5. The highest BCUT2D eigenvalue weighted by molar-refractivity contribution is 7.15. The van der Waals surface area contributed by atoms with Crippen molar-refractivity contribution in [2.24, 2.45) is 0 Å². The van der Waals surface area contributed by atoms with E-state index in [0.29, 0.717) is 18.5 Å². The molecule has 1 aliphatic rings. The van der Waals surface area contributed by atoms with Crippen molar-refractivity contribution >= 4 is 33.8 Å². The lowest BCUT2D eigenvalue weighted by Gasteiger charge is -2.30. The molecule has 2 aromatic heterocycles. The number of carbonyl (C=O) groups is 1.